The molecule has 152 valence electrons. The van der Waals surface area contributed by atoms with Crippen LogP contribution in [0.2, 0.25) is 0 Å². The first-order valence-electron chi connectivity index (χ1n) is 9.14. The lowest BCUT2D eigenvalue weighted by Crippen LogP contribution is -2.36. The Morgan fingerprint density at radius 3 is 2.54 bits per heavy atom. The van der Waals surface area contributed by atoms with Crippen LogP contribution in [-0.4, -0.2) is 30.2 Å². The van der Waals surface area contributed by atoms with E-state index in [-0.39, 0.29) is 11.9 Å². The van der Waals surface area contributed by atoms with E-state index in [2.05, 4.69) is 25.3 Å². The first-order valence-corrected chi connectivity index (χ1v) is 9.14. The summed E-state index contributed by atoms with van der Waals surface area (Å²) in [6.07, 6.45) is 1.79. The molecule has 0 saturated heterocycles. The van der Waals surface area contributed by atoms with Crippen LogP contribution in [0.25, 0.3) is 0 Å². The Bertz CT molecular complexity index is 752. The normalized spacial score (nSPS) is 11.6. The summed E-state index contributed by atoms with van der Waals surface area (Å²) in [5, 5.41) is 6.25. The highest BCUT2D eigenvalue weighted by atomic mass is 19.3. The number of ether oxygens (including phenoxy) is 2. The zero-order chi connectivity index (χ0) is 20.4. The highest BCUT2D eigenvalue weighted by Crippen LogP contribution is 2.20. The molecule has 8 heteroatoms. The van der Waals surface area contributed by atoms with Crippen molar-refractivity contribution in [3.63, 3.8) is 0 Å². The molecule has 2 rings (SSSR count). The minimum atomic E-state index is -2.86. The second-order valence-electron chi connectivity index (χ2n) is 6.21. The van der Waals surface area contributed by atoms with E-state index in [1.165, 1.54) is 6.07 Å². The number of nitrogens with one attached hydrogen (secondary N) is 2. The smallest absolute Gasteiger partial charge is 0.387 e. The molecule has 0 aliphatic heterocycles. The van der Waals surface area contributed by atoms with Crippen LogP contribution in [0.5, 0.6) is 11.6 Å². The average Bonchev–Trinajstić information content (AvgIpc) is 2.65. The van der Waals surface area contributed by atoms with E-state index in [4.69, 9.17) is 4.74 Å². The quantitative estimate of drug-likeness (QED) is 0.503. The fourth-order valence-corrected chi connectivity index (χ4v) is 2.37. The van der Waals surface area contributed by atoms with Crippen molar-refractivity contribution in [2.45, 2.75) is 46.6 Å². The number of pyridine rings is 1. The molecule has 0 saturated carbocycles. The molecule has 0 bridgehead atoms. The Labute approximate surface area is 164 Å². The van der Waals surface area contributed by atoms with Crippen LogP contribution in [0.1, 0.15) is 31.9 Å². The molecule has 6 nitrogen and oxygen atoms in total. The summed E-state index contributed by atoms with van der Waals surface area (Å²) in [6, 6.07) is 10.4. The number of para-hydroxylation sites is 1. The van der Waals surface area contributed by atoms with Gasteiger partial charge in [-0.1, -0.05) is 24.3 Å². The van der Waals surface area contributed by atoms with E-state index in [1.807, 2.05) is 32.9 Å². The van der Waals surface area contributed by atoms with Crippen LogP contribution < -0.4 is 20.1 Å². The molecule has 0 fully saturated rings. The molecular formula is C20H26F2N4O2. The Morgan fingerprint density at radius 2 is 1.89 bits per heavy atom. The molecule has 0 aliphatic rings. The van der Waals surface area contributed by atoms with Crippen LogP contribution in [0.4, 0.5) is 8.78 Å². The number of rotatable bonds is 9. The van der Waals surface area contributed by atoms with Crippen molar-refractivity contribution in [1.29, 1.82) is 0 Å². The fraction of sp³-hybridized carbons (Fsp3) is 0.400. The van der Waals surface area contributed by atoms with Crippen molar-refractivity contribution in [2.24, 2.45) is 4.99 Å². The molecular weight excluding hydrogens is 366 g/mol. The molecule has 0 aliphatic carbocycles. The second kappa shape index (κ2) is 11.1. The number of hydrogen-bond donors (Lipinski definition) is 2. The predicted octanol–water partition coefficient (Wildman–Crippen LogP) is 3.73. The minimum absolute atomic E-state index is 0.0675. The number of aliphatic imine (C=N–C) groups is 1. The molecule has 0 radical (unpaired) electrons. The summed E-state index contributed by atoms with van der Waals surface area (Å²) in [7, 11) is 0. The summed E-state index contributed by atoms with van der Waals surface area (Å²) >= 11 is 0. The second-order valence-corrected chi connectivity index (χ2v) is 6.21. The van der Waals surface area contributed by atoms with Gasteiger partial charge < -0.3 is 20.1 Å². The van der Waals surface area contributed by atoms with Gasteiger partial charge in [-0.05, 0) is 32.4 Å². The number of halogens is 2. The van der Waals surface area contributed by atoms with E-state index in [1.54, 1.807) is 24.4 Å². The van der Waals surface area contributed by atoms with Gasteiger partial charge in [0.2, 0.25) is 5.88 Å². The molecule has 0 spiro atoms. The first-order chi connectivity index (χ1) is 13.5. The van der Waals surface area contributed by atoms with Crippen molar-refractivity contribution in [1.82, 2.24) is 15.6 Å². The van der Waals surface area contributed by atoms with Crippen molar-refractivity contribution in [2.75, 3.05) is 6.54 Å². The molecule has 2 aromatic rings. The van der Waals surface area contributed by atoms with E-state index in [9.17, 15) is 8.78 Å². The van der Waals surface area contributed by atoms with Crippen molar-refractivity contribution >= 4 is 5.96 Å². The molecule has 0 atom stereocenters. The summed E-state index contributed by atoms with van der Waals surface area (Å²) in [5.41, 5.74) is 1.54. The van der Waals surface area contributed by atoms with Crippen LogP contribution in [-0.2, 0) is 13.1 Å². The van der Waals surface area contributed by atoms with Gasteiger partial charge in [0, 0.05) is 30.9 Å². The van der Waals surface area contributed by atoms with Gasteiger partial charge in [-0.15, -0.1) is 0 Å². The molecule has 1 aromatic heterocycles. The maximum Gasteiger partial charge on any atom is 0.387 e. The van der Waals surface area contributed by atoms with Crippen molar-refractivity contribution < 1.29 is 18.3 Å². The molecule has 0 unspecified atom stereocenters. The van der Waals surface area contributed by atoms with Gasteiger partial charge in [0.25, 0.3) is 0 Å². The molecule has 28 heavy (non-hydrogen) atoms. The number of guanidine groups is 1. The van der Waals surface area contributed by atoms with E-state index < -0.39 is 6.61 Å². The third-order valence-corrected chi connectivity index (χ3v) is 3.55. The Hall–Kier alpha value is -2.90. The van der Waals surface area contributed by atoms with Gasteiger partial charge in [-0.2, -0.15) is 8.78 Å². The van der Waals surface area contributed by atoms with Gasteiger partial charge in [0.15, 0.2) is 5.96 Å². The van der Waals surface area contributed by atoms with Gasteiger partial charge >= 0.3 is 6.61 Å². The van der Waals surface area contributed by atoms with Crippen molar-refractivity contribution in [3.05, 3.63) is 53.7 Å². The van der Waals surface area contributed by atoms with Gasteiger partial charge in [-0.3, -0.25) is 0 Å². The third kappa shape index (κ3) is 7.38. The van der Waals surface area contributed by atoms with E-state index in [0.717, 1.165) is 5.56 Å². The number of benzene rings is 1. The number of aromatic nitrogens is 1. The zero-order valence-electron chi connectivity index (χ0n) is 16.3. The Balaban J connectivity index is 1.99. The van der Waals surface area contributed by atoms with E-state index in [0.29, 0.717) is 37.0 Å². The topological polar surface area (TPSA) is 67.8 Å². The van der Waals surface area contributed by atoms with Gasteiger partial charge in [-0.25, -0.2) is 9.98 Å². The molecule has 1 heterocycles. The van der Waals surface area contributed by atoms with Crippen LogP contribution in [0.15, 0.2) is 47.6 Å². The SMILES string of the molecule is CCNC(=NCc1ccc(OC(C)C)nc1)NCc1ccccc1OC(F)F. The lowest BCUT2D eigenvalue weighted by atomic mass is 10.2. The molecule has 2 N–H and O–H groups in total. The van der Waals surface area contributed by atoms with Crippen LogP contribution in [0, 0.1) is 0 Å². The fourth-order valence-electron chi connectivity index (χ4n) is 2.37. The monoisotopic (exact) mass is 392 g/mol. The largest absolute Gasteiger partial charge is 0.475 e. The van der Waals surface area contributed by atoms with Gasteiger partial charge in [0.1, 0.15) is 5.75 Å². The lowest BCUT2D eigenvalue weighted by molar-refractivity contribution is -0.0504. The first kappa shape index (κ1) is 21.4. The Kier molecular flexibility index (Phi) is 8.45. The van der Waals surface area contributed by atoms with Gasteiger partial charge in [0.05, 0.1) is 12.6 Å². The number of alkyl halides is 2. The van der Waals surface area contributed by atoms with Crippen LogP contribution in [0.3, 0.4) is 0 Å². The van der Waals surface area contributed by atoms with Crippen LogP contribution >= 0.6 is 0 Å². The lowest BCUT2D eigenvalue weighted by Gasteiger charge is -2.14. The standard InChI is InChI=1S/C20H26F2N4O2/c1-4-23-20(25-12-15-9-10-18(24-11-15)27-14(2)3)26-13-16-7-5-6-8-17(16)28-19(21)22/h5-11,14,19H,4,12-13H2,1-3H3,(H2,23,25,26). The number of nitrogens with zero attached hydrogens (tertiary/aromatic N) is 2. The predicted molar refractivity (Wildman–Crippen MR) is 105 cm³/mol. The Morgan fingerprint density at radius 1 is 1.11 bits per heavy atom. The maximum absolute atomic E-state index is 12.5. The average molecular weight is 392 g/mol. The summed E-state index contributed by atoms with van der Waals surface area (Å²) in [5.74, 6) is 1.28. The van der Waals surface area contributed by atoms with Crippen molar-refractivity contribution in [3.8, 4) is 11.6 Å². The summed E-state index contributed by atoms with van der Waals surface area (Å²) in [4.78, 5) is 8.76. The highest BCUT2D eigenvalue weighted by molar-refractivity contribution is 5.79. The summed E-state index contributed by atoms with van der Waals surface area (Å²) in [6.45, 7) is 4.36. The van der Waals surface area contributed by atoms with E-state index >= 15 is 0 Å². The highest BCUT2D eigenvalue weighted by Gasteiger charge is 2.09. The molecule has 0 amide bonds. The molecule has 1 aromatic carbocycles. The maximum atomic E-state index is 12.5. The third-order valence-electron chi connectivity index (χ3n) is 3.55. The summed E-state index contributed by atoms with van der Waals surface area (Å²) < 4.78 is 35.1. The minimum Gasteiger partial charge on any atom is -0.475 e. The number of hydrogen-bond acceptors (Lipinski definition) is 4. The zero-order valence-corrected chi connectivity index (χ0v) is 16.3.